The molecule has 1 N–H and O–H groups in total. The van der Waals surface area contributed by atoms with E-state index in [2.05, 4.69) is 5.32 Å². The molecule has 0 spiro atoms. The molecule has 0 radical (unpaired) electrons. The first-order chi connectivity index (χ1) is 7.72. The maximum Gasteiger partial charge on any atom is 0.241 e. The topological polar surface area (TPSA) is 49.4 Å². The Balaban J connectivity index is 2.42. The van der Waals surface area contributed by atoms with Gasteiger partial charge in [-0.15, -0.1) is 11.6 Å². The first-order valence-corrected chi connectivity index (χ1v) is 5.51. The molecule has 1 aliphatic heterocycles. The van der Waals surface area contributed by atoms with Gasteiger partial charge in [-0.25, -0.2) is 0 Å². The molecular weight excluding hydrogens is 228 g/mol. The van der Waals surface area contributed by atoms with Crippen molar-refractivity contribution in [2.75, 3.05) is 22.6 Å². The minimum absolute atomic E-state index is 0.0808. The predicted molar refractivity (Wildman–Crippen MR) is 62.8 cm³/mol. The van der Waals surface area contributed by atoms with Crippen molar-refractivity contribution in [3.63, 3.8) is 0 Å². The molecule has 0 bridgehead atoms. The molecule has 0 unspecified atom stereocenters. The molecular formula is C11H11ClN2O2. The highest BCUT2D eigenvalue weighted by Gasteiger charge is 2.22. The van der Waals surface area contributed by atoms with E-state index in [1.54, 1.807) is 17.0 Å². The van der Waals surface area contributed by atoms with Crippen LogP contribution in [0, 0.1) is 0 Å². The fraction of sp³-hybridized carbons (Fsp3) is 0.273. The molecule has 1 aliphatic rings. The number of hydrogen-bond acceptors (Lipinski definition) is 2. The first kappa shape index (κ1) is 11.0. The summed E-state index contributed by atoms with van der Waals surface area (Å²) in [6.07, 6.45) is 0.289. The predicted octanol–water partition coefficient (Wildman–Crippen LogP) is 1.60. The molecule has 2 rings (SSSR count). The minimum atomic E-state index is -0.189. The van der Waals surface area contributed by atoms with Crippen molar-refractivity contribution < 1.29 is 9.59 Å². The number of alkyl halides is 1. The van der Waals surface area contributed by atoms with E-state index < -0.39 is 0 Å². The summed E-state index contributed by atoms with van der Waals surface area (Å²) in [7, 11) is 0. The van der Waals surface area contributed by atoms with Crippen molar-refractivity contribution in [1.82, 2.24) is 0 Å². The van der Waals surface area contributed by atoms with Gasteiger partial charge >= 0.3 is 0 Å². The van der Waals surface area contributed by atoms with Crippen LogP contribution in [0.5, 0.6) is 0 Å². The number of halogens is 1. The molecule has 0 aliphatic carbocycles. The van der Waals surface area contributed by atoms with Crippen LogP contribution >= 0.6 is 11.6 Å². The minimum Gasteiger partial charge on any atom is -0.324 e. The normalized spacial score (nSPS) is 15.1. The molecule has 84 valence electrons. The molecule has 5 heteroatoms. The van der Waals surface area contributed by atoms with E-state index in [9.17, 15) is 9.59 Å². The van der Waals surface area contributed by atoms with Gasteiger partial charge in [-0.3, -0.25) is 9.59 Å². The molecule has 16 heavy (non-hydrogen) atoms. The summed E-state index contributed by atoms with van der Waals surface area (Å²) in [5, 5.41) is 2.76. The van der Waals surface area contributed by atoms with E-state index in [1.165, 1.54) is 0 Å². The molecule has 0 aromatic heterocycles. The van der Waals surface area contributed by atoms with Gasteiger partial charge in [-0.05, 0) is 12.1 Å². The van der Waals surface area contributed by atoms with E-state index in [4.69, 9.17) is 11.6 Å². The van der Waals surface area contributed by atoms with Crippen LogP contribution in [0.2, 0.25) is 0 Å². The largest absolute Gasteiger partial charge is 0.324 e. The Hall–Kier alpha value is -1.55. The van der Waals surface area contributed by atoms with Crippen molar-refractivity contribution >= 4 is 34.8 Å². The lowest BCUT2D eigenvalue weighted by molar-refractivity contribution is -0.116. The Kier molecular flexibility index (Phi) is 3.10. The van der Waals surface area contributed by atoms with Crippen LogP contribution in [-0.4, -0.2) is 24.2 Å². The Labute approximate surface area is 98.2 Å². The summed E-state index contributed by atoms with van der Waals surface area (Å²) in [6.45, 7) is 0.369. The fourth-order valence-corrected chi connectivity index (χ4v) is 1.84. The molecule has 0 saturated carbocycles. The second-order valence-corrected chi connectivity index (χ2v) is 3.76. The van der Waals surface area contributed by atoms with Crippen molar-refractivity contribution in [2.24, 2.45) is 0 Å². The third-order valence-electron chi connectivity index (χ3n) is 2.45. The van der Waals surface area contributed by atoms with Gasteiger partial charge in [0, 0.05) is 13.0 Å². The number of anilines is 2. The maximum atomic E-state index is 11.6. The fourth-order valence-electron chi connectivity index (χ4n) is 1.69. The molecule has 1 heterocycles. The summed E-state index contributed by atoms with van der Waals surface area (Å²) < 4.78 is 0. The lowest BCUT2D eigenvalue weighted by atomic mass is 10.2. The van der Waals surface area contributed by atoms with Gasteiger partial charge in [0.05, 0.1) is 11.4 Å². The first-order valence-electron chi connectivity index (χ1n) is 4.97. The van der Waals surface area contributed by atoms with Gasteiger partial charge in [-0.2, -0.15) is 0 Å². The standard InChI is InChI=1S/C11H11ClN2O2/c12-7-11(16)14-6-5-10(15)13-8-3-1-2-4-9(8)14/h1-4H,5-7H2,(H,13,15). The number of nitrogens with one attached hydrogen (secondary N) is 1. The molecule has 0 atom stereocenters. The molecule has 0 saturated heterocycles. The summed E-state index contributed by atoms with van der Waals surface area (Å²) in [5.41, 5.74) is 1.36. The van der Waals surface area contributed by atoms with Crippen LogP contribution in [0.3, 0.4) is 0 Å². The van der Waals surface area contributed by atoms with Gasteiger partial charge in [0.25, 0.3) is 0 Å². The van der Waals surface area contributed by atoms with Crippen LogP contribution in [0.15, 0.2) is 24.3 Å². The lowest BCUT2D eigenvalue weighted by Crippen LogP contribution is -2.32. The summed E-state index contributed by atoms with van der Waals surface area (Å²) in [6, 6.07) is 7.21. The number of nitrogens with zero attached hydrogens (tertiary/aromatic N) is 1. The Morgan fingerprint density at radius 3 is 2.94 bits per heavy atom. The van der Waals surface area contributed by atoms with E-state index in [-0.39, 0.29) is 24.1 Å². The van der Waals surface area contributed by atoms with Crippen LogP contribution in [0.4, 0.5) is 11.4 Å². The van der Waals surface area contributed by atoms with Crippen LogP contribution in [0.25, 0.3) is 0 Å². The number of rotatable bonds is 1. The molecule has 1 aromatic rings. The number of fused-ring (bicyclic) bond motifs is 1. The van der Waals surface area contributed by atoms with Crippen molar-refractivity contribution in [1.29, 1.82) is 0 Å². The van der Waals surface area contributed by atoms with Crippen LogP contribution in [0.1, 0.15) is 6.42 Å². The second-order valence-electron chi connectivity index (χ2n) is 3.49. The molecule has 2 amide bonds. The zero-order valence-electron chi connectivity index (χ0n) is 8.57. The van der Waals surface area contributed by atoms with Crippen LogP contribution < -0.4 is 10.2 Å². The zero-order chi connectivity index (χ0) is 11.5. The highest BCUT2D eigenvalue weighted by molar-refractivity contribution is 6.29. The highest BCUT2D eigenvalue weighted by Crippen LogP contribution is 2.28. The Morgan fingerprint density at radius 1 is 1.44 bits per heavy atom. The number of benzene rings is 1. The third kappa shape index (κ3) is 2.02. The van der Waals surface area contributed by atoms with Gasteiger partial charge in [0.2, 0.25) is 11.8 Å². The number of para-hydroxylation sites is 2. The smallest absolute Gasteiger partial charge is 0.241 e. The SMILES string of the molecule is O=C1CCN(C(=O)CCl)c2ccccc2N1. The number of carbonyl (C=O) groups is 2. The number of amides is 2. The highest BCUT2D eigenvalue weighted by atomic mass is 35.5. The Morgan fingerprint density at radius 2 is 2.19 bits per heavy atom. The maximum absolute atomic E-state index is 11.6. The number of carbonyl (C=O) groups excluding carboxylic acids is 2. The summed E-state index contributed by atoms with van der Waals surface area (Å²) in [4.78, 5) is 24.6. The molecule has 4 nitrogen and oxygen atoms in total. The summed E-state index contributed by atoms with van der Waals surface area (Å²) in [5.74, 6) is -0.356. The lowest BCUT2D eigenvalue weighted by Gasteiger charge is -2.20. The van der Waals surface area contributed by atoms with E-state index in [0.717, 1.165) is 0 Å². The van der Waals surface area contributed by atoms with E-state index >= 15 is 0 Å². The van der Waals surface area contributed by atoms with E-state index in [0.29, 0.717) is 17.9 Å². The van der Waals surface area contributed by atoms with Gasteiger partial charge in [-0.1, -0.05) is 12.1 Å². The zero-order valence-corrected chi connectivity index (χ0v) is 9.33. The summed E-state index contributed by atoms with van der Waals surface area (Å²) >= 11 is 5.54. The van der Waals surface area contributed by atoms with Gasteiger partial charge < -0.3 is 10.2 Å². The quantitative estimate of drug-likeness (QED) is 0.756. The van der Waals surface area contributed by atoms with Crippen molar-refractivity contribution in [3.05, 3.63) is 24.3 Å². The van der Waals surface area contributed by atoms with Crippen molar-refractivity contribution in [2.45, 2.75) is 6.42 Å². The number of hydrogen-bond donors (Lipinski definition) is 1. The van der Waals surface area contributed by atoms with Gasteiger partial charge in [0.1, 0.15) is 5.88 Å². The average Bonchev–Trinajstić information content (AvgIpc) is 2.46. The third-order valence-corrected chi connectivity index (χ3v) is 2.68. The molecule has 0 fully saturated rings. The van der Waals surface area contributed by atoms with Crippen LogP contribution in [-0.2, 0) is 9.59 Å². The van der Waals surface area contributed by atoms with Gasteiger partial charge in [0.15, 0.2) is 0 Å². The molecule has 1 aromatic carbocycles. The second kappa shape index (κ2) is 4.53. The van der Waals surface area contributed by atoms with E-state index in [1.807, 2.05) is 12.1 Å². The van der Waals surface area contributed by atoms with Crippen molar-refractivity contribution in [3.8, 4) is 0 Å². The average molecular weight is 239 g/mol. The monoisotopic (exact) mass is 238 g/mol. The Bertz CT molecular complexity index is 434.